The van der Waals surface area contributed by atoms with Crippen LogP contribution in [0.1, 0.15) is 23.6 Å². The number of carbonyl (C=O) groups excluding carboxylic acids is 2. The molecule has 4 rings (SSSR count). The predicted molar refractivity (Wildman–Crippen MR) is 111 cm³/mol. The summed E-state index contributed by atoms with van der Waals surface area (Å²) < 4.78 is 2.19. The van der Waals surface area contributed by atoms with Crippen LogP contribution in [0.3, 0.4) is 0 Å². The lowest BCUT2D eigenvalue weighted by molar-refractivity contribution is -0.122. The highest BCUT2D eigenvalue weighted by molar-refractivity contribution is 8.18. The number of thioether (sulfide) groups is 1. The standard InChI is InChI=1S/C22H20N2O2S/c1-3-24-21(25)20(27-22(24)26)12-17-14-23(19-10-5-4-9-18(17)19)13-16-8-6-7-15(2)11-16/h4-12,14H,3,13H2,1-2H3/b20-12+. The molecule has 136 valence electrons. The molecule has 3 aromatic rings. The molecule has 0 radical (unpaired) electrons. The highest BCUT2D eigenvalue weighted by atomic mass is 32.2. The number of hydrogen-bond donors (Lipinski definition) is 0. The second kappa shape index (κ2) is 7.08. The first-order valence-electron chi connectivity index (χ1n) is 8.95. The second-order valence-corrected chi connectivity index (χ2v) is 7.64. The minimum absolute atomic E-state index is 0.197. The molecule has 0 atom stereocenters. The zero-order chi connectivity index (χ0) is 19.0. The largest absolute Gasteiger partial charge is 0.342 e. The number of hydrogen-bond acceptors (Lipinski definition) is 3. The summed E-state index contributed by atoms with van der Waals surface area (Å²) in [6, 6.07) is 16.6. The number of rotatable bonds is 4. The first kappa shape index (κ1) is 17.6. The Morgan fingerprint density at radius 3 is 2.63 bits per heavy atom. The molecular formula is C22H20N2O2S. The molecule has 2 heterocycles. The van der Waals surface area contributed by atoms with E-state index in [1.54, 1.807) is 0 Å². The second-order valence-electron chi connectivity index (χ2n) is 6.64. The number of fused-ring (bicyclic) bond motifs is 1. The topological polar surface area (TPSA) is 42.3 Å². The quantitative estimate of drug-likeness (QED) is 0.598. The highest BCUT2D eigenvalue weighted by Gasteiger charge is 2.33. The number of aryl methyl sites for hydroxylation is 1. The van der Waals surface area contributed by atoms with Crippen LogP contribution in [0.25, 0.3) is 17.0 Å². The van der Waals surface area contributed by atoms with Crippen molar-refractivity contribution < 1.29 is 9.59 Å². The Hall–Kier alpha value is -2.79. The normalized spacial score (nSPS) is 16.1. The fourth-order valence-corrected chi connectivity index (χ4v) is 4.34. The summed E-state index contributed by atoms with van der Waals surface area (Å²) in [5.41, 5.74) is 4.53. The van der Waals surface area contributed by atoms with Crippen molar-refractivity contribution in [3.63, 3.8) is 0 Å². The van der Waals surface area contributed by atoms with Crippen LogP contribution in [0.15, 0.2) is 59.6 Å². The molecule has 1 saturated heterocycles. The summed E-state index contributed by atoms with van der Waals surface area (Å²) in [7, 11) is 0. The van der Waals surface area contributed by atoms with Crippen molar-refractivity contribution in [2.45, 2.75) is 20.4 Å². The smallest absolute Gasteiger partial charge is 0.293 e. The zero-order valence-electron chi connectivity index (χ0n) is 15.3. The van der Waals surface area contributed by atoms with E-state index in [4.69, 9.17) is 0 Å². The monoisotopic (exact) mass is 376 g/mol. The summed E-state index contributed by atoms with van der Waals surface area (Å²) in [4.78, 5) is 26.2. The first-order chi connectivity index (χ1) is 13.1. The predicted octanol–water partition coefficient (Wildman–Crippen LogP) is 5.05. The van der Waals surface area contributed by atoms with Crippen LogP contribution in [0.4, 0.5) is 4.79 Å². The van der Waals surface area contributed by atoms with Gasteiger partial charge in [-0.05, 0) is 43.3 Å². The molecule has 2 aromatic carbocycles. The Morgan fingerprint density at radius 2 is 1.89 bits per heavy atom. The zero-order valence-corrected chi connectivity index (χ0v) is 16.1. The number of likely N-dealkylation sites (N-methyl/N-ethyl adjacent to an activating group) is 1. The van der Waals surface area contributed by atoms with E-state index in [9.17, 15) is 9.59 Å². The van der Waals surface area contributed by atoms with E-state index in [0.29, 0.717) is 11.4 Å². The lowest BCUT2D eigenvalue weighted by Crippen LogP contribution is -2.27. The van der Waals surface area contributed by atoms with E-state index < -0.39 is 0 Å². The number of carbonyl (C=O) groups is 2. The van der Waals surface area contributed by atoms with Crippen LogP contribution < -0.4 is 0 Å². The number of benzene rings is 2. The summed E-state index contributed by atoms with van der Waals surface area (Å²) in [5.74, 6) is -0.206. The fourth-order valence-electron chi connectivity index (χ4n) is 3.44. The lowest BCUT2D eigenvalue weighted by atomic mass is 10.1. The van der Waals surface area contributed by atoms with Gasteiger partial charge >= 0.3 is 0 Å². The van der Waals surface area contributed by atoms with Gasteiger partial charge in [-0.15, -0.1) is 0 Å². The van der Waals surface area contributed by atoms with Gasteiger partial charge in [0.15, 0.2) is 0 Å². The maximum absolute atomic E-state index is 12.4. The average Bonchev–Trinajstić information content (AvgIpc) is 3.13. The third kappa shape index (κ3) is 3.30. The van der Waals surface area contributed by atoms with Gasteiger partial charge in [0, 0.05) is 35.8 Å². The molecule has 0 aliphatic carbocycles. The van der Waals surface area contributed by atoms with Gasteiger partial charge in [-0.25, -0.2) is 0 Å². The minimum atomic E-state index is -0.206. The molecule has 27 heavy (non-hydrogen) atoms. The molecule has 1 fully saturated rings. The Labute approximate surface area is 162 Å². The lowest BCUT2D eigenvalue weighted by Gasteiger charge is -2.06. The van der Waals surface area contributed by atoms with Crippen molar-refractivity contribution in [3.05, 3.63) is 76.3 Å². The molecule has 0 bridgehead atoms. The SMILES string of the molecule is CCN1C(=O)S/C(=C/c2cn(Cc3cccc(C)c3)c3ccccc23)C1=O. The van der Waals surface area contributed by atoms with Crippen LogP contribution in [-0.4, -0.2) is 27.2 Å². The van der Waals surface area contributed by atoms with Crippen molar-refractivity contribution in [2.24, 2.45) is 0 Å². The van der Waals surface area contributed by atoms with Gasteiger partial charge in [0.2, 0.25) is 0 Å². The van der Waals surface area contributed by atoms with Gasteiger partial charge < -0.3 is 4.57 Å². The van der Waals surface area contributed by atoms with E-state index in [1.165, 1.54) is 16.0 Å². The Bertz CT molecular complexity index is 1080. The van der Waals surface area contributed by atoms with Crippen LogP contribution in [0, 0.1) is 6.92 Å². The van der Waals surface area contributed by atoms with Crippen molar-refractivity contribution in [1.29, 1.82) is 0 Å². The average molecular weight is 376 g/mol. The van der Waals surface area contributed by atoms with E-state index in [2.05, 4.69) is 54.1 Å². The van der Waals surface area contributed by atoms with E-state index in [-0.39, 0.29) is 11.1 Å². The van der Waals surface area contributed by atoms with Gasteiger partial charge in [-0.2, -0.15) is 0 Å². The molecule has 1 aromatic heterocycles. The Balaban J connectivity index is 1.76. The summed E-state index contributed by atoms with van der Waals surface area (Å²) in [6.07, 6.45) is 3.91. The van der Waals surface area contributed by atoms with E-state index >= 15 is 0 Å². The molecule has 0 saturated carbocycles. The third-order valence-corrected chi connectivity index (χ3v) is 5.64. The molecule has 1 aliphatic rings. The molecule has 5 heteroatoms. The highest BCUT2D eigenvalue weighted by Crippen LogP contribution is 2.34. The molecular weight excluding hydrogens is 356 g/mol. The van der Waals surface area contributed by atoms with Crippen molar-refractivity contribution in [1.82, 2.24) is 9.47 Å². The summed E-state index contributed by atoms with van der Waals surface area (Å²) >= 11 is 1.01. The number of amides is 2. The van der Waals surface area contributed by atoms with Gasteiger partial charge in [-0.3, -0.25) is 14.5 Å². The van der Waals surface area contributed by atoms with E-state index in [1.807, 2.05) is 25.1 Å². The van der Waals surface area contributed by atoms with Crippen LogP contribution in [-0.2, 0) is 11.3 Å². The Kier molecular flexibility index (Phi) is 4.62. The van der Waals surface area contributed by atoms with Gasteiger partial charge in [0.25, 0.3) is 11.1 Å². The molecule has 0 N–H and O–H groups in total. The fraction of sp³-hybridized carbons (Fsp3) is 0.182. The molecule has 4 nitrogen and oxygen atoms in total. The van der Waals surface area contributed by atoms with Gasteiger partial charge in [-0.1, -0.05) is 48.0 Å². The van der Waals surface area contributed by atoms with Crippen LogP contribution in [0.2, 0.25) is 0 Å². The first-order valence-corrected chi connectivity index (χ1v) is 9.77. The summed E-state index contributed by atoms with van der Waals surface area (Å²) in [5, 5.41) is 0.880. The number of imide groups is 1. The number of nitrogens with zero attached hydrogens (tertiary/aromatic N) is 2. The van der Waals surface area contributed by atoms with Gasteiger partial charge in [0.05, 0.1) is 4.91 Å². The van der Waals surface area contributed by atoms with Crippen molar-refractivity contribution in [3.8, 4) is 0 Å². The third-order valence-electron chi connectivity index (χ3n) is 4.73. The van der Waals surface area contributed by atoms with E-state index in [0.717, 1.165) is 34.8 Å². The maximum atomic E-state index is 12.4. The maximum Gasteiger partial charge on any atom is 0.293 e. The molecule has 0 unspecified atom stereocenters. The summed E-state index contributed by atoms with van der Waals surface area (Å²) in [6.45, 7) is 5.06. The molecule has 1 aliphatic heterocycles. The number of para-hydroxylation sites is 1. The number of aromatic nitrogens is 1. The Morgan fingerprint density at radius 1 is 1.07 bits per heavy atom. The molecule has 2 amide bonds. The van der Waals surface area contributed by atoms with Crippen LogP contribution >= 0.6 is 11.8 Å². The van der Waals surface area contributed by atoms with Crippen LogP contribution in [0.5, 0.6) is 0 Å². The van der Waals surface area contributed by atoms with Gasteiger partial charge in [0.1, 0.15) is 0 Å². The minimum Gasteiger partial charge on any atom is -0.342 e. The van der Waals surface area contributed by atoms with Crippen molar-refractivity contribution >= 4 is 39.9 Å². The van der Waals surface area contributed by atoms with Crippen molar-refractivity contribution in [2.75, 3.05) is 6.54 Å². The molecule has 0 spiro atoms.